The van der Waals surface area contributed by atoms with E-state index >= 15 is 0 Å². The van der Waals surface area contributed by atoms with Gasteiger partial charge in [-0.2, -0.15) is 0 Å². The fraction of sp³-hybridized carbons (Fsp3) is 0.316. The average molecular weight is 340 g/mol. The van der Waals surface area contributed by atoms with Gasteiger partial charge in [0.1, 0.15) is 5.75 Å². The number of nitrogens with one attached hydrogen (secondary N) is 1. The first-order valence-electron chi connectivity index (χ1n) is 8.14. The van der Waals surface area contributed by atoms with Gasteiger partial charge in [-0.3, -0.25) is 9.78 Å². The number of benzene rings is 1. The van der Waals surface area contributed by atoms with Crippen LogP contribution in [0.25, 0.3) is 0 Å². The first kappa shape index (κ1) is 17.0. The summed E-state index contributed by atoms with van der Waals surface area (Å²) in [4.78, 5) is 28.5. The van der Waals surface area contributed by atoms with Crippen LogP contribution in [0.5, 0.6) is 5.75 Å². The topological polar surface area (TPSA) is 88.5 Å². The van der Waals surface area contributed by atoms with Gasteiger partial charge in [0.25, 0.3) is 5.91 Å². The van der Waals surface area contributed by atoms with E-state index in [9.17, 15) is 14.7 Å². The molecular weight excluding hydrogens is 320 g/mol. The maximum atomic E-state index is 12.7. The van der Waals surface area contributed by atoms with E-state index in [4.69, 9.17) is 4.74 Å². The number of ether oxygens (including phenoxy) is 1. The Morgan fingerprint density at radius 3 is 2.56 bits per heavy atom. The van der Waals surface area contributed by atoms with Crippen molar-refractivity contribution in [1.82, 2.24) is 10.3 Å². The van der Waals surface area contributed by atoms with Crippen molar-refractivity contribution in [3.8, 4) is 5.75 Å². The molecule has 6 heteroatoms. The third-order valence-electron chi connectivity index (χ3n) is 4.26. The molecule has 1 aromatic carbocycles. The molecule has 0 spiro atoms. The number of hydrogen-bond donors (Lipinski definition) is 2. The molecule has 1 aliphatic carbocycles. The molecule has 2 aromatic rings. The van der Waals surface area contributed by atoms with Crippen molar-refractivity contribution < 1.29 is 19.4 Å². The van der Waals surface area contributed by atoms with Crippen LogP contribution in [0, 0.1) is 12.8 Å². The van der Waals surface area contributed by atoms with E-state index in [0.717, 1.165) is 24.2 Å². The molecule has 0 radical (unpaired) electrons. The van der Waals surface area contributed by atoms with Crippen molar-refractivity contribution in [3.05, 3.63) is 58.9 Å². The number of carbonyl (C=O) groups is 2. The average Bonchev–Trinajstić information content (AvgIpc) is 3.43. The highest BCUT2D eigenvalue weighted by atomic mass is 16.5. The van der Waals surface area contributed by atoms with Crippen molar-refractivity contribution >= 4 is 11.9 Å². The number of aryl methyl sites for hydroxylation is 1. The molecule has 130 valence electrons. The number of carboxylic acids is 1. The Morgan fingerprint density at radius 2 is 1.96 bits per heavy atom. The van der Waals surface area contributed by atoms with Crippen molar-refractivity contribution in [3.63, 3.8) is 0 Å². The van der Waals surface area contributed by atoms with Crippen LogP contribution in [0.15, 0.2) is 36.4 Å². The van der Waals surface area contributed by atoms with Crippen LogP contribution < -0.4 is 10.1 Å². The summed E-state index contributed by atoms with van der Waals surface area (Å²) in [5.74, 6) is -0.738. The van der Waals surface area contributed by atoms with E-state index in [0.29, 0.717) is 11.7 Å². The Bertz CT molecular complexity index is 815. The van der Waals surface area contributed by atoms with Gasteiger partial charge in [-0.15, -0.1) is 0 Å². The van der Waals surface area contributed by atoms with Crippen molar-refractivity contribution in [2.75, 3.05) is 7.11 Å². The third-order valence-corrected chi connectivity index (χ3v) is 4.26. The molecule has 1 fully saturated rings. The van der Waals surface area contributed by atoms with Gasteiger partial charge >= 0.3 is 5.97 Å². The molecule has 0 bridgehead atoms. The molecule has 25 heavy (non-hydrogen) atoms. The SMILES string of the molecule is COc1cc(C(=O)O)cc(C(=O)N[C@H](c2cccc(C)n2)C2CC2)c1. The Balaban J connectivity index is 1.87. The van der Waals surface area contributed by atoms with Crippen LogP contribution in [-0.2, 0) is 0 Å². The van der Waals surface area contributed by atoms with Gasteiger partial charge in [-0.25, -0.2) is 4.79 Å². The fourth-order valence-corrected chi connectivity index (χ4v) is 2.80. The summed E-state index contributed by atoms with van der Waals surface area (Å²) in [6.07, 6.45) is 2.08. The lowest BCUT2D eigenvalue weighted by Gasteiger charge is -2.18. The van der Waals surface area contributed by atoms with E-state index in [1.165, 1.54) is 25.3 Å². The second kappa shape index (κ2) is 6.93. The van der Waals surface area contributed by atoms with Gasteiger partial charge in [0.05, 0.1) is 24.4 Å². The molecule has 0 unspecified atom stereocenters. The number of rotatable bonds is 6. The Kier molecular flexibility index (Phi) is 4.70. The maximum Gasteiger partial charge on any atom is 0.335 e. The maximum absolute atomic E-state index is 12.7. The zero-order chi connectivity index (χ0) is 18.0. The van der Waals surface area contributed by atoms with Crippen LogP contribution in [0.3, 0.4) is 0 Å². The molecule has 1 heterocycles. The second-order valence-electron chi connectivity index (χ2n) is 6.25. The summed E-state index contributed by atoms with van der Waals surface area (Å²) < 4.78 is 5.11. The summed E-state index contributed by atoms with van der Waals surface area (Å²) in [6, 6.07) is 9.85. The minimum absolute atomic E-state index is 0.0150. The van der Waals surface area contributed by atoms with E-state index in [-0.39, 0.29) is 23.1 Å². The van der Waals surface area contributed by atoms with Crippen molar-refractivity contribution in [1.29, 1.82) is 0 Å². The van der Waals surface area contributed by atoms with Gasteiger partial charge in [0.2, 0.25) is 0 Å². The summed E-state index contributed by atoms with van der Waals surface area (Å²) >= 11 is 0. The fourth-order valence-electron chi connectivity index (χ4n) is 2.80. The molecule has 2 N–H and O–H groups in total. The molecule has 1 atom stereocenters. The number of aromatic carboxylic acids is 1. The number of carboxylic acid groups (broad SMARTS) is 1. The van der Waals surface area contributed by atoms with E-state index in [1.807, 2.05) is 25.1 Å². The predicted molar refractivity (Wildman–Crippen MR) is 91.9 cm³/mol. The molecule has 0 saturated heterocycles. The quantitative estimate of drug-likeness (QED) is 0.844. The highest BCUT2D eigenvalue weighted by molar-refractivity contribution is 5.98. The lowest BCUT2D eigenvalue weighted by Crippen LogP contribution is -2.30. The van der Waals surface area contributed by atoms with Crippen molar-refractivity contribution in [2.24, 2.45) is 5.92 Å². The van der Waals surface area contributed by atoms with Gasteiger partial charge < -0.3 is 15.2 Å². The van der Waals surface area contributed by atoms with Crippen LogP contribution >= 0.6 is 0 Å². The number of carbonyl (C=O) groups excluding carboxylic acids is 1. The molecule has 6 nitrogen and oxygen atoms in total. The first-order chi connectivity index (χ1) is 12.0. The Hall–Kier alpha value is -2.89. The standard InChI is InChI=1S/C19H20N2O4/c1-11-4-3-5-16(20-11)17(12-6-7-12)21-18(22)13-8-14(19(23)24)10-15(9-13)25-2/h3-5,8-10,12,17H,6-7H2,1-2H3,(H,21,22)(H,23,24)/t17-/m0/s1. The van der Waals surface area contributed by atoms with E-state index in [1.54, 1.807) is 0 Å². The van der Waals surface area contributed by atoms with Crippen LogP contribution in [-0.4, -0.2) is 29.1 Å². The molecule has 1 saturated carbocycles. The third kappa shape index (κ3) is 3.96. The molecule has 1 aromatic heterocycles. The lowest BCUT2D eigenvalue weighted by molar-refractivity contribution is 0.0696. The van der Waals surface area contributed by atoms with Crippen molar-refractivity contribution in [2.45, 2.75) is 25.8 Å². The second-order valence-corrected chi connectivity index (χ2v) is 6.25. The number of pyridine rings is 1. The van der Waals surface area contributed by atoms with Gasteiger partial charge in [0, 0.05) is 11.3 Å². The first-order valence-corrected chi connectivity index (χ1v) is 8.14. The molecule has 0 aliphatic heterocycles. The zero-order valence-corrected chi connectivity index (χ0v) is 14.2. The van der Waals surface area contributed by atoms with Gasteiger partial charge in [-0.1, -0.05) is 6.07 Å². The number of amides is 1. The normalized spacial score (nSPS) is 14.6. The highest BCUT2D eigenvalue weighted by Gasteiger charge is 2.34. The van der Waals surface area contributed by atoms with E-state index < -0.39 is 5.97 Å². The van der Waals surface area contributed by atoms with Crippen LogP contribution in [0.2, 0.25) is 0 Å². The smallest absolute Gasteiger partial charge is 0.335 e. The highest BCUT2D eigenvalue weighted by Crippen LogP contribution is 2.40. The summed E-state index contributed by atoms with van der Waals surface area (Å²) in [6.45, 7) is 1.91. The monoisotopic (exact) mass is 340 g/mol. The summed E-state index contributed by atoms with van der Waals surface area (Å²) in [7, 11) is 1.44. The number of methoxy groups -OCH3 is 1. The molecule has 3 rings (SSSR count). The molecule has 1 aliphatic rings. The van der Waals surface area contributed by atoms with Gasteiger partial charge in [0.15, 0.2) is 0 Å². The summed E-state index contributed by atoms with van der Waals surface area (Å²) in [5.41, 5.74) is 2.00. The summed E-state index contributed by atoms with van der Waals surface area (Å²) in [5, 5.41) is 12.2. The lowest BCUT2D eigenvalue weighted by atomic mass is 10.1. The van der Waals surface area contributed by atoms with Crippen LogP contribution in [0.4, 0.5) is 0 Å². The minimum Gasteiger partial charge on any atom is -0.497 e. The predicted octanol–water partition coefficient (Wildman–Crippen LogP) is 2.98. The number of hydrogen-bond acceptors (Lipinski definition) is 4. The zero-order valence-electron chi connectivity index (χ0n) is 14.2. The largest absolute Gasteiger partial charge is 0.497 e. The minimum atomic E-state index is -1.10. The van der Waals surface area contributed by atoms with E-state index in [2.05, 4.69) is 10.3 Å². The Labute approximate surface area is 145 Å². The number of nitrogens with zero attached hydrogens (tertiary/aromatic N) is 1. The number of aromatic nitrogens is 1. The van der Waals surface area contributed by atoms with Gasteiger partial charge in [-0.05, 0) is 56.0 Å². The Morgan fingerprint density at radius 1 is 1.24 bits per heavy atom. The molecule has 1 amide bonds. The van der Waals surface area contributed by atoms with Crippen LogP contribution in [0.1, 0.15) is 51.0 Å². The molecular formula is C19H20N2O4.